The fourth-order valence-corrected chi connectivity index (χ4v) is 2.10. The minimum absolute atomic E-state index is 0.136. The molecular formula is C16H27NO4. The second kappa shape index (κ2) is 10.4. The van der Waals surface area contributed by atoms with Gasteiger partial charge in [-0.3, -0.25) is 0 Å². The van der Waals surface area contributed by atoms with Crippen molar-refractivity contribution in [2.24, 2.45) is 0 Å². The Morgan fingerprint density at radius 1 is 1.05 bits per heavy atom. The molecule has 0 amide bonds. The van der Waals surface area contributed by atoms with Gasteiger partial charge in [0, 0.05) is 20.3 Å². The number of hydrogen-bond donors (Lipinski definition) is 1. The highest BCUT2D eigenvalue weighted by Crippen LogP contribution is 2.30. The van der Waals surface area contributed by atoms with Crippen LogP contribution >= 0.6 is 0 Å². The van der Waals surface area contributed by atoms with E-state index in [0.717, 1.165) is 36.6 Å². The summed E-state index contributed by atoms with van der Waals surface area (Å²) in [5.41, 5.74) is 1.13. The molecule has 0 aliphatic heterocycles. The van der Waals surface area contributed by atoms with Crippen molar-refractivity contribution in [1.82, 2.24) is 5.32 Å². The van der Waals surface area contributed by atoms with Gasteiger partial charge in [0.15, 0.2) is 11.5 Å². The second-order valence-electron chi connectivity index (χ2n) is 4.65. The van der Waals surface area contributed by atoms with Crippen molar-refractivity contribution in [3.63, 3.8) is 0 Å². The van der Waals surface area contributed by atoms with Crippen molar-refractivity contribution >= 4 is 0 Å². The zero-order valence-corrected chi connectivity index (χ0v) is 13.5. The summed E-state index contributed by atoms with van der Waals surface area (Å²) in [6.07, 6.45) is 0.904. The van der Waals surface area contributed by atoms with Crippen LogP contribution in [0.5, 0.6) is 11.5 Å². The summed E-state index contributed by atoms with van der Waals surface area (Å²) >= 11 is 0. The van der Waals surface area contributed by atoms with Crippen molar-refractivity contribution in [3.8, 4) is 11.5 Å². The van der Waals surface area contributed by atoms with Crippen LogP contribution in [-0.2, 0) is 9.47 Å². The molecule has 0 aliphatic rings. The third-order valence-corrected chi connectivity index (χ3v) is 3.18. The molecule has 0 saturated heterocycles. The van der Waals surface area contributed by atoms with E-state index in [4.69, 9.17) is 18.9 Å². The molecule has 0 bridgehead atoms. The lowest BCUT2D eigenvalue weighted by Crippen LogP contribution is -2.25. The number of hydrogen-bond acceptors (Lipinski definition) is 5. The number of benzene rings is 1. The van der Waals surface area contributed by atoms with Crippen LogP contribution in [0.1, 0.15) is 24.9 Å². The van der Waals surface area contributed by atoms with Gasteiger partial charge in [0.25, 0.3) is 0 Å². The van der Waals surface area contributed by atoms with Crippen LogP contribution in [0, 0.1) is 0 Å². The maximum absolute atomic E-state index is 5.72. The molecule has 0 heterocycles. The third kappa shape index (κ3) is 5.91. The Labute approximate surface area is 127 Å². The Kier molecular flexibility index (Phi) is 8.82. The highest BCUT2D eigenvalue weighted by Gasteiger charge is 2.13. The van der Waals surface area contributed by atoms with E-state index in [9.17, 15) is 0 Å². The van der Waals surface area contributed by atoms with Crippen LogP contribution in [-0.4, -0.2) is 47.7 Å². The van der Waals surface area contributed by atoms with Crippen LogP contribution in [0.25, 0.3) is 0 Å². The summed E-state index contributed by atoms with van der Waals surface area (Å²) in [6.45, 7) is 5.00. The maximum atomic E-state index is 5.72. The summed E-state index contributed by atoms with van der Waals surface area (Å²) < 4.78 is 21.3. The van der Waals surface area contributed by atoms with Gasteiger partial charge in [-0.15, -0.1) is 0 Å². The van der Waals surface area contributed by atoms with Gasteiger partial charge in [-0.25, -0.2) is 0 Å². The average Bonchev–Trinajstić information content (AvgIpc) is 2.53. The van der Waals surface area contributed by atoms with Gasteiger partial charge in [-0.1, -0.05) is 13.0 Å². The first-order valence-corrected chi connectivity index (χ1v) is 7.28. The van der Waals surface area contributed by atoms with Crippen molar-refractivity contribution in [2.45, 2.75) is 19.4 Å². The van der Waals surface area contributed by atoms with E-state index in [-0.39, 0.29) is 6.04 Å². The summed E-state index contributed by atoms with van der Waals surface area (Å²) in [4.78, 5) is 0. The third-order valence-electron chi connectivity index (χ3n) is 3.18. The van der Waals surface area contributed by atoms with E-state index >= 15 is 0 Å². The first-order chi connectivity index (χ1) is 10.3. The Balaban J connectivity index is 2.66. The van der Waals surface area contributed by atoms with Crippen LogP contribution in [0.15, 0.2) is 18.2 Å². The number of rotatable bonds is 11. The Bertz CT molecular complexity index is 398. The summed E-state index contributed by atoms with van der Waals surface area (Å²) in [6, 6.07) is 6.08. The second-order valence-corrected chi connectivity index (χ2v) is 4.65. The van der Waals surface area contributed by atoms with Crippen LogP contribution in [0.4, 0.5) is 0 Å². The lowest BCUT2D eigenvalue weighted by Gasteiger charge is -2.20. The molecule has 0 aliphatic carbocycles. The molecule has 1 aromatic rings. The molecule has 5 heteroatoms. The zero-order valence-electron chi connectivity index (χ0n) is 13.5. The standard InChI is InChI=1S/C16H27NO4/c1-5-17-14(12-21-10-6-9-18-2)13-7-8-15(19-3)16(11-13)20-4/h7-8,11,14,17H,5-6,9-10,12H2,1-4H3. The number of nitrogens with one attached hydrogen (secondary N) is 1. The average molecular weight is 297 g/mol. The minimum atomic E-state index is 0.136. The van der Waals surface area contributed by atoms with Crippen LogP contribution in [0.2, 0.25) is 0 Å². The predicted molar refractivity (Wildman–Crippen MR) is 83.3 cm³/mol. The first kappa shape index (κ1) is 17.8. The first-order valence-electron chi connectivity index (χ1n) is 7.28. The van der Waals surface area contributed by atoms with Crippen molar-refractivity contribution in [1.29, 1.82) is 0 Å². The molecule has 0 aromatic heterocycles. The van der Waals surface area contributed by atoms with Gasteiger partial charge in [0.1, 0.15) is 0 Å². The minimum Gasteiger partial charge on any atom is -0.493 e. The van der Waals surface area contributed by atoms with Crippen molar-refractivity contribution in [3.05, 3.63) is 23.8 Å². The highest BCUT2D eigenvalue weighted by molar-refractivity contribution is 5.43. The van der Waals surface area contributed by atoms with Gasteiger partial charge in [0.2, 0.25) is 0 Å². The smallest absolute Gasteiger partial charge is 0.161 e. The zero-order chi connectivity index (χ0) is 15.5. The van der Waals surface area contributed by atoms with Gasteiger partial charge in [-0.05, 0) is 30.7 Å². The van der Waals surface area contributed by atoms with Crippen LogP contribution < -0.4 is 14.8 Å². The maximum Gasteiger partial charge on any atom is 0.161 e. The number of ether oxygens (including phenoxy) is 4. The quantitative estimate of drug-likeness (QED) is 0.636. The molecule has 0 saturated carbocycles. The molecule has 5 nitrogen and oxygen atoms in total. The Morgan fingerprint density at radius 2 is 1.81 bits per heavy atom. The van der Waals surface area contributed by atoms with Gasteiger partial charge < -0.3 is 24.3 Å². The molecule has 120 valence electrons. The van der Waals surface area contributed by atoms with E-state index in [2.05, 4.69) is 12.2 Å². The van der Waals surface area contributed by atoms with Gasteiger partial charge >= 0.3 is 0 Å². The largest absolute Gasteiger partial charge is 0.493 e. The Hall–Kier alpha value is -1.30. The molecule has 1 N–H and O–H groups in total. The predicted octanol–water partition coefficient (Wildman–Crippen LogP) is 2.41. The fraction of sp³-hybridized carbons (Fsp3) is 0.625. The summed E-state index contributed by atoms with van der Waals surface area (Å²) in [5.74, 6) is 1.47. The molecule has 0 radical (unpaired) electrons. The van der Waals surface area contributed by atoms with Gasteiger partial charge in [-0.2, -0.15) is 0 Å². The van der Waals surface area contributed by atoms with E-state index in [0.29, 0.717) is 13.2 Å². The molecule has 1 unspecified atom stereocenters. The number of methoxy groups -OCH3 is 3. The topological polar surface area (TPSA) is 49.0 Å². The van der Waals surface area contributed by atoms with Crippen molar-refractivity contribution in [2.75, 3.05) is 47.7 Å². The lowest BCUT2D eigenvalue weighted by molar-refractivity contribution is 0.0877. The van der Waals surface area contributed by atoms with E-state index in [1.165, 1.54) is 0 Å². The normalized spacial score (nSPS) is 12.2. The lowest BCUT2D eigenvalue weighted by atomic mass is 10.1. The molecular weight excluding hydrogens is 270 g/mol. The van der Waals surface area contributed by atoms with Crippen LogP contribution in [0.3, 0.4) is 0 Å². The number of likely N-dealkylation sites (N-methyl/N-ethyl adjacent to an activating group) is 1. The van der Waals surface area contributed by atoms with E-state index in [1.54, 1.807) is 21.3 Å². The summed E-state index contributed by atoms with van der Waals surface area (Å²) in [5, 5.41) is 3.43. The molecule has 1 rings (SSSR count). The van der Waals surface area contributed by atoms with Crippen molar-refractivity contribution < 1.29 is 18.9 Å². The molecule has 1 aromatic carbocycles. The monoisotopic (exact) mass is 297 g/mol. The van der Waals surface area contributed by atoms with E-state index in [1.807, 2.05) is 18.2 Å². The fourth-order valence-electron chi connectivity index (χ4n) is 2.10. The van der Waals surface area contributed by atoms with E-state index < -0.39 is 0 Å². The molecule has 21 heavy (non-hydrogen) atoms. The highest BCUT2D eigenvalue weighted by atomic mass is 16.5. The van der Waals surface area contributed by atoms with Gasteiger partial charge in [0.05, 0.1) is 26.9 Å². The summed E-state index contributed by atoms with van der Waals surface area (Å²) in [7, 11) is 4.98. The Morgan fingerprint density at radius 3 is 2.43 bits per heavy atom. The molecule has 0 spiro atoms. The SMILES string of the molecule is CCNC(COCCCOC)c1ccc(OC)c(OC)c1. The molecule has 1 atom stereocenters. The molecule has 0 fully saturated rings.